The molecule has 0 N–H and O–H groups in total. The molecule has 1 aromatic carbocycles. The molecule has 0 unspecified atom stereocenters. The molecule has 0 aromatic heterocycles. The topological polar surface area (TPSA) is 0 Å². The molecule has 1 fully saturated rings. The number of hydrogen-bond donors (Lipinski definition) is 0. The first-order valence-electron chi connectivity index (χ1n) is 5.58. The number of aryl methyl sites for hydroxylation is 1. The lowest BCUT2D eigenvalue weighted by molar-refractivity contribution is 0.516. The van der Waals surface area contributed by atoms with Gasteiger partial charge in [0.1, 0.15) is 0 Å². The Morgan fingerprint density at radius 3 is 2.50 bits per heavy atom. The van der Waals surface area contributed by atoms with Crippen LogP contribution >= 0.6 is 11.8 Å². The van der Waals surface area contributed by atoms with Crippen molar-refractivity contribution in [1.82, 2.24) is 0 Å². The Balaban J connectivity index is 1.99. The average molecular weight is 206 g/mol. The summed E-state index contributed by atoms with van der Waals surface area (Å²) in [6, 6.07) is 8.75. The zero-order valence-electron chi connectivity index (χ0n) is 8.83. The summed E-state index contributed by atoms with van der Waals surface area (Å²) in [5.74, 6) is 0. The second-order valence-corrected chi connectivity index (χ2v) is 5.49. The maximum Gasteiger partial charge on any atom is 0.0104 e. The molecule has 1 saturated carbocycles. The van der Waals surface area contributed by atoms with Crippen LogP contribution in [-0.2, 0) is 0 Å². The molecular formula is C13H18S. The van der Waals surface area contributed by atoms with Crippen molar-refractivity contribution in [1.29, 1.82) is 0 Å². The summed E-state index contributed by atoms with van der Waals surface area (Å²) >= 11 is 2.09. The summed E-state index contributed by atoms with van der Waals surface area (Å²) in [5, 5.41) is 0.879. The van der Waals surface area contributed by atoms with E-state index in [0.717, 1.165) is 5.25 Å². The number of thioether (sulfide) groups is 1. The molecule has 0 atom stereocenters. The highest BCUT2D eigenvalue weighted by atomic mass is 32.2. The van der Waals surface area contributed by atoms with Gasteiger partial charge in [0.15, 0.2) is 0 Å². The van der Waals surface area contributed by atoms with Gasteiger partial charge in [-0.05, 0) is 31.4 Å². The van der Waals surface area contributed by atoms with E-state index in [1.807, 2.05) is 0 Å². The van der Waals surface area contributed by atoms with E-state index in [0.29, 0.717) is 0 Å². The number of rotatable bonds is 2. The highest BCUT2D eigenvalue weighted by Crippen LogP contribution is 2.34. The fourth-order valence-electron chi connectivity index (χ4n) is 2.05. The molecule has 1 heteroatoms. The standard InChI is InChI=1S/C13H18S/c1-11-7-5-6-10-13(11)14-12-8-3-2-4-9-12/h5-7,10,12H,2-4,8-9H2,1H3. The quantitative estimate of drug-likeness (QED) is 0.690. The van der Waals surface area contributed by atoms with Crippen LogP contribution in [0.5, 0.6) is 0 Å². The molecule has 1 aliphatic carbocycles. The van der Waals surface area contributed by atoms with Crippen molar-refractivity contribution in [3.63, 3.8) is 0 Å². The van der Waals surface area contributed by atoms with Gasteiger partial charge in [0.05, 0.1) is 0 Å². The van der Waals surface area contributed by atoms with E-state index in [2.05, 4.69) is 43.0 Å². The fraction of sp³-hybridized carbons (Fsp3) is 0.538. The molecule has 0 nitrogen and oxygen atoms in total. The van der Waals surface area contributed by atoms with Crippen molar-refractivity contribution in [2.75, 3.05) is 0 Å². The van der Waals surface area contributed by atoms with Crippen molar-refractivity contribution in [2.24, 2.45) is 0 Å². The number of benzene rings is 1. The van der Waals surface area contributed by atoms with Gasteiger partial charge < -0.3 is 0 Å². The lowest BCUT2D eigenvalue weighted by atomic mass is 10.0. The molecule has 0 heterocycles. The van der Waals surface area contributed by atoms with E-state index in [9.17, 15) is 0 Å². The first-order valence-corrected chi connectivity index (χ1v) is 6.46. The number of hydrogen-bond acceptors (Lipinski definition) is 1. The Morgan fingerprint density at radius 1 is 1.07 bits per heavy atom. The summed E-state index contributed by atoms with van der Waals surface area (Å²) in [4.78, 5) is 1.49. The first-order chi connectivity index (χ1) is 6.86. The van der Waals surface area contributed by atoms with E-state index in [-0.39, 0.29) is 0 Å². The van der Waals surface area contributed by atoms with Crippen molar-refractivity contribution < 1.29 is 0 Å². The normalized spacial score (nSPS) is 18.4. The van der Waals surface area contributed by atoms with Crippen LogP contribution in [0.4, 0.5) is 0 Å². The molecule has 0 spiro atoms. The average Bonchev–Trinajstić information content (AvgIpc) is 2.23. The van der Waals surface area contributed by atoms with E-state index in [4.69, 9.17) is 0 Å². The van der Waals surface area contributed by atoms with Gasteiger partial charge in [-0.1, -0.05) is 37.5 Å². The van der Waals surface area contributed by atoms with Gasteiger partial charge in [0, 0.05) is 10.1 Å². The zero-order valence-corrected chi connectivity index (χ0v) is 9.65. The predicted octanol–water partition coefficient (Wildman–Crippen LogP) is 4.42. The summed E-state index contributed by atoms with van der Waals surface area (Å²) in [6.45, 7) is 2.21. The Labute approximate surface area is 91.1 Å². The van der Waals surface area contributed by atoms with Crippen molar-refractivity contribution in [2.45, 2.75) is 49.2 Å². The van der Waals surface area contributed by atoms with Gasteiger partial charge in [-0.25, -0.2) is 0 Å². The highest BCUT2D eigenvalue weighted by Gasteiger charge is 2.14. The molecule has 0 bridgehead atoms. The van der Waals surface area contributed by atoms with E-state index in [1.54, 1.807) is 0 Å². The molecule has 1 aliphatic rings. The Morgan fingerprint density at radius 2 is 1.79 bits per heavy atom. The fourth-order valence-corrected chi connectivity index (χ4v) is 3.39. The molecule has 76 valence electrons. The van der Waals surface area contributed by atoms with Gasteiger partial charge in [0.2, 0.25) is 0 Å². The third-order valence-corrected chi connectivity index (χ3v) is 4.46. The van der Waals surface area contributed by atoms with Crippen molar-refractivity contribution in [3.05, 3.63) is 29.8 Å². The predicted molar refractivity (Wildman–Crippen MR) is 63.9 cm³/mol. The summed E-state index contributed by atoms with van der Waals surface area (Å²) in [6.07, 6.45) is 7.15. The summed E-state index contributed by atoms with van der Waals surface area (Å²) in [5.41, 5.74) is 1.43. The lowest BCUT2D eigenvalue weighted by Gasteiger charge is -2.21. The summed E-state index contributed by atoms with van der Waals surface area (Å²) in [7, 11) is 0. The maximum absolute atomic E-state index is 2.26. The second kappa shape index (κ2) is 4.88. The van der Waals surface area contributed by atoms with Crippen molar-refractivity contribution in [3.8, 4) is 0 Å². The largest absolute Gasteiger partial charge is 0.122 e. The molecule has 0 saturated heterocycles. The van der Waals surface area contributed by atoms with Crippen molar-refractivity contribution >= 4 is 11.8 Å². The van der Waals surface area contributed by atoms with Crippen LogP contribution in [0, 0.1) is 6.92 Å². The van der Waals surface area contributed by atoms with Gasteiger partial charge in [-0.3, -0.25) is 0 Å². The summed E-state index contributed by atoms with van der Waals surface area (Å²) < 4.78 is 0. The van der Waals surface area contributed by atoms with Crippen LogP contribution in [0.1, 0.15) is 37.7 Å². The molecule has 1 aromatic rings. The van der Waals surface area contributed by atoms with Crippen LogP contribution in [0.3, 0.4) is 0 Å². The van der Waals surface area contributed by atoms with Gasteiger partial charge in [0.25, 0.3) is 0 Å². The first kappa shape index (κ1) is 10.1. The smallest absolute Gasteiger partial charge is 0.0104 e. The minimum atomic E-state index is 0.879. The zero-order chi connectivity index (χ0) is 9.80. The highest BCUT2D eigenvalue weighted by molar-refractivity contribution is 8.00. The molecule has 2 rings (SSSR count). The second-order valence-electron chi connectivity index (χ2n) is 4.14. The van der Waals surface area contributed by atoms with Crippen LogP contribution in [0.25, 0.3) is 0 Å². The molecule has 14 heavy (non-hydrogen) atoms. The monoisotopic (exact) mass is 206 g/mol. The van der Waals surface area contributed by atoms with Gasteiger partial charge >= 0.3 is 0 Å². The Hall–Kier alpha value is -0.430. The van der Waals surface area contributed by atoms with Crippen LogP contribution in [0.15, 0.2) is 29.2 Å². The SMILES string of the molecule is Cc1ccccc1SC1CCCCC1. The molecule has 0 radical (unpaired) electrons. The van der Waals surface area contributed by atoms with Gasteiger partial charge in [-0.15, -0.1) is 11.8 Å². The van der Waals surface area contributed by atoms with Gasteiger partial charge in [-0.2, -0.15) is 0 Å². The minimum absolute atomic E-state index is 0.879. The molecule has 0 amide bonds. The van der Waals surface area contributed by atoms with E-state index in [1.165, 1.54) is 42.6 Å². The van der Waals surface area contributed by atoms with Crippen LogP contribution in [0.2, 0.25) is 0 Å². The third-order valence-electron chi connectivity index (χ3n) is 2.94. The Bertz CT molecular complexity index is 287. The Kier molecular flexibility index (Phi) is 3.52. The lowest BCUT2D eigenvalue weighted by Crippen LogP contribution is -2.07. The molecular weight excluding hydrogens is 188 g/mol. The van der Waals surface area contributed by atoms with E-state index >= 15 is 0 Å². The maximum atomic E-state index is 2.26. The molecule has 0 aliphatic heterocycles. The minimum Gasteiger partial charge on any atom is -0.122 e. The van der Waals surface area contributed by atoms with Crippen LogP contribution in [-0.4, -0.2) is 5.25 Å². The third kappa shape index (κ3) is 2.54. The van der Waals surface area contributed by atoms with Crippen LogP contribution < -0.4 is 0 Å². The van der Waals surface area contributed by atoms with E-state index < -0.39 is 0 Å².